The van der Waals surface area contributed by atoms with Gasteiger partial charge in [0.1, 0.15) is 5.78 Å². The summed E-state index contributed by atoms with van der Waals surface area (Å²) in [5.41, 5.74) is 0. The third-order valence-corrected chi connectivity index (χ3v) is 1.83. The molecule has 3 heteroatoms. The molecule has 0 unspecified atom stereocenters. The lowest BCUT2D eigenvalue weighted by atomic mass is 10.4. The number of nitrogens with one attached hydrogen (secondary N) is 1. The average molecular weight is 147 g/mol. The average Bonchev–Trinajstić information content (AvgIpc) is 1.80. The number of ketones is 1. The fourth-order valence-corrected chi connectivity index (χ4v) is 1.17. The van der Waals surface area contributed by atoms with E-state index in [0.717, 1.165) is 11.6 Å². The molecule has 0 saturated carbocycles. The topological polar surface area (TPSA) is 29.1 Å². The minimum absolute atomic E-state index is 0.276. The Morgan fingerprint density at radius 1 is 1.67 bits per heavy atom. The monoisotopic (exact) mass is 147 g/mol. The van der Waals surface area contributed by atoms with Crippen molar-refractivity contribution >= 4 is 17.5 Å². The first-order valence-corrected chi connectivity index (χ1v) is 4.14. The van der Waals surface area contributed by atoms with Gasteiger partial charge in [0.05, 0.1) is 0 Å². The zero-order chi connectivity index (χ0) is 7.11. The smallest absolute Gasteiger partial charge is 0.130 e. The summed E-state index contributed by atoms with van der Waals surface area (Å²) in [6.07, 6.45) is 0.701. The van der Waals surface area contributed by atoms with Crippen molar-refractivity contribution in [2.24, 2.45) is 0 Å². The van der Waals surface area contributed by atoms with Gasteiger partial charge in [-0.05, 0) is 14.0 Å². The molecule has 0 aromatic carbocycles. The van der Waals surface area contributed by atoms with Gasteiger partial charge in [0.15, 0.2) is 0 Å². The van der Waals surface area contributed by atoms with Gasteiger partial charge in [-0.2, -0.15) is 0 Å². The maximum atomic E-state index is 10.4. The van der Waals surface area contributed by atoms with Gasteiger partial charge in [-0.3, -0.25) is 4.79 Å². The summed E-state index contributed by atoms with van der Waals surface area (Å²) in [6, 6.07) is 0. The Bertz CT molecular complexity index is 85.1. The maximum absolute atomic E-state index is 10.4. The van der Waals surface area contributed by atoms with Gasteiger partial charge >= 0.3 is 0 Å². The Morgan fingerprint density at radius 3 is 2.78 bits per heavy atom. The first-order chi connectivity index (χ1) is 4.27. The van der Waals surface area contributed by atoms with E-state index < -0.39 is 0 Å². The van der Waals surface area contributed by atoms with Crippen LogP contribution in [0.4, 0.5) is 0 Å². The summed E-state index contributed by atoms with van der Waals surface area (Å²) < 4.78 is 0. The molecule has 0 atom stereocenters. The summed E-state index contributed by atoms with van der Waals surface area (Å²) in [4.78, 5) is 10.4. The highest BCUT2D eigenvalue weighted by Gasteiger charge is 1.91. The van der Waals surface area contributed by atoms with Gasteiger partial charge in [0, 0.05) is 18.1 Å². The zero-order valence-corrected chi connectivity index (χ0v) is 6.75. The predicted octanol–water partition coefficient (Wildman–Crippen LogP) is 0.876. The summed E-state index contributed by atoms with van der Waals surface area (Å²) >= 11 is 1.75. The van der Waals surface area contributed by atoms with Gasteiger partial charge < -0.3 is 5.32 Å². The lowest BCUT2D eigenvalue weighted by Crippen LogP contribution is -2.04. The molecule has 2 nitrogen and oxygen atoms in total. The number of carbonyl (C=O) groups is 1. The van der Waals surface area contributed by atoms with E-state index in [1.54, 1.807) is 18.7 Å². The van der Waals surface area contributed by atoms with Crippen molar-refractivity contribution in [1.82, 2.24) is 5.32 Å². The van der Waals surface area contributed by atoms with Crippen LogP contribution in [0.5, 0.6) is 0 Å². The molecule has 0 rings (SSSR count). The normalized spacial score (nSPS) is 9.56. The van der Waals surface area contributed by atoms with Gasteiger partial charge in [-0.25, -0.2) is 0 Å². The summed E-state index contributed by atoms with van der Waals surface area (Å²) in [5.74, 6) is 2.15. The second kappa shape index (κ2) is 6.11. The quantitative estimate of drug-likeness (QED) is 0.462. The molecule has 54 valence electrons. The van der Waals surface area contributed by atoms with E-state index in [2.05, 4.69) is 5.32 Å². The molecule has 0 aromatic heterocycles. The van der Waals surface area contributed by atoms with E-state index in [1.165, 1.54) is 0 Å². The van der Waals surface area contributed by atoms with Crippen molar-refractivity contribution in [3.8, 4) is 0 Å². The number of Topliss-reactive ketones (excluding diaryl/α,β-unsaturated/α-hetero) is 1. The second-order valence-corrected chi connectivity index (χ2v) is 2.96. The van der Waals surface area contributed by atoms with E-state index in [0.29, 0.717) is 6.42 Å². The van der Waals surface area contributed by atoms with Crippen LogP contribution in [0, 0.1) is 0 Å². The van der Waals surface area contributed by atoms with Crippen LogP contribution in [0.3, 0.4) is 0 Å². The van der Waals surface area contributed by atoms with Crippen LogP contribution in [0.1, 0.15) is 13.3 Å². The third-order valence-electron chi connectivity index (χ3n) is 0.845. The molecule has 0 aromatic rings. The lowest BCUT2D eigenvalue weighted by molar-refractivity contribution is -0.116. The molecule has 0 heterocycles. The van der Waals surface area contributed by atoms with Crippen LogP contribution < -0.4 is 5.32 Å². The van der Waals surface area contributed by atoms with Crippen LogP contribution in [0.15, 0.2) is 0 Å². The number of hydrogen-bond donors (Lipinski definition) is 1. The maximum Gasteiger partial charge on any atom is 0.130 e. The van der Waals surface area contributed by atoms with Crippen molar-refractivity contribution in [2.75, 3.05) is 18.7 Å². The zero-order valence-electron chi connectivity index (χ0n) is 5.94. The first kappa shape index (κ1) is 8.98. The molecule has 0 amide bonds. The van der Waals surface area contributed by atoms with Crippen molar-refractivity contribution in [2.45, 2.75) is 13.3 Å². The SMILES string of the molecule is CNCSCCC(C)=O. The molecule has 9 heavy (non-hydrogen) atoms. The van der Waals surface area contributed by atoms with Crippen LogP contribution in [0.2, 0.25) is 0 Å². The molecule has 0 bridgehead atoms. The Kier molecular flexibility index (Phi) is 6.09. The van der Waals surface area contributed by atoms with E-state index in [4.69, 9.17) is 0 Å². The van der Waals surface area contributed by atoms with Crippen molar-refractivity contribution in [3.05, 3.63) is 0 Å². The molecule has 0 aliphatic heterocycles. The largest absolute Gasteiger partial charge is 0.311 e. The molecule has 0 spiro atoms. The van der Waals surface area contributed by atoms with E-state index in [1.807, 2.05) is 7.05 Å². The molecule has 1 N–H and O–H groups in total. The van der Waals surface area contributed by atoms with Crippen LogP contribution in [-0.2, 0) is 4.79 Å². The molecule has 0 aliphatic carbocycles. The summed E-state index contributed by atoms with van der Waals surface area (Å²) in [6.45, 7) is 1.62. The standard InChI is InChI=1S/C6H13NOS/c1-6(8)3-4-9-5-7-2/h7H,3-5H2,1-2H3. The minimum atomic E-state index is 0.276. The van der Waals surface area contributed by atoms with Gasteiger partial charge in [0.2, 0.25) is 0 Å². The highest BCUT2D eigenvalue weighted by Crippen LogP contribution is 1.98. The minimum Gasteiger partial charge on any atom is -0.311 e. The molecule has 0 saturated heterocycles. The number of hydrogen-bond acceptors (Lipinski definition) is 3. The van der Waals surface area contributed by atoms with Crippen molar-refractivity contribution in [1.29, 1.82) is 0 Å². The Hall–Kier alpha value is -0.0200. The fourth-order valence-electron chi connectivity index (χ4n) is 0.390. The Labute approximate surface area is 60.4 Å². The van der Waals surface area contributed by atoms with E-state index in [9.17, 15) is 4.79 Å². The number of rotatable bonds is 5. The highest BCUT2D eigenvalue weighted by molar-refractivity contribution is 7.99. The Balaban J connectivity index is 2.83. The predicted molar refractivity (Wildman–Crippen MR) is 41.7 cm³/mol. The van der Waals surface area contributed by atoms with Gasteiger partial charge in [-0.1, -0.05) is 0 Å². The molecule has 0 aliphatic rings. The second-order valence-electron chi connectivity index (χ2n) is 1.86. The number of thioether (sulfide) groups is 1. The van der Waals surface area contributed by atoms with Crippen molar-refractivity contribution < 1.29 is 4.79 Å². The molecular weight excluding hydrogens is 134 g/mol. The van der Waals surface area contributed by atoms with Crippen LogP contribution >= 0.6 is 11.8 Å². The third kappa shape index (κ3) is 7.98. The summed E-state index contributed by atoms with van der Waals surface area (Å²) in [5, 5.41) is 2.99. The fraction of sp³-hybridized carbons (Fsp3) is 0.833. The van der Waals surface area contributed by atoms with E-state index >= 15 is 0 Å². The lowest BCUT2D eigenvalue weighted by Gasteiger charge is -1.95. The van der Waals surface area contributed by atoms with Crippen molar-refractivity contribution in [3.63, 3.8) is 0 Å². The van der Waals surface area contributed by atoms with Gasteiger partial charge in [0.25, 0.3) is 0 Å². The van der Waals surface area contributed by atoms with Crippen LogP contribution in [0.25, 0.3) is 0 Å². The van der Waals surface area contributed by atoms with Gasteiger partial charge in [-0.15, -0.1) is 11.8 Å². The highest BCUT2D eigenvalue weighted by atomic mass is 32.2. The number of carbonyl (C=O) groups excluding carboxylic acids is 1. The summed E-state index contributed by atoms with van der Waals surface area (Å²) in [7, 11) is 1.90. The Morgan fingerprint density at radius 2 is 2.33 bits per heavy atom. The molecular formula is C6H13NOS. The first-order valence-electron chi connectivity index (χ1n) is 2.99. The molecule has 0 fully saturated rings. The molecule has 0 radical (unpaired) electrons. The van der Waals surface area contributed by atoms with E-state index in [-0.39, 0.29) is 5.78 Å². The van der Waals surface area contributed by atoms with Crippen LogP contribution in [-0.4, -0.2) is 24.5 Å².